The topological polar surface area (TPSA) is 77.1 Å². The van der Waals surface area contributed by atoms with E-state index in [-0.39, 0.29) is 23.6 Å². The number of anilines is 1. The van der Waals surface area contributed by atoms with Crippen molar-refractivity contribution in [2.75, 3.05) is 25.1 Å². The van der Waals surface area contributed by atoms with Crippen LogP contribution in [0.4, 0.5) is 5.69 Å². The molecule has 182 valence electrons. The van der Waals surface area contributed by atoms with Crippen LogP contribution in [-0.4, -0.2) is 42.6 Å². The van der Waals surface area contributed by atoms with Crippen molar-refractivity contribution in [2.24, 2.45) is 5.92 Å². The summed E-state index contributed by atoms with van der Waals surface area (Å²) in [5.41, 5.74) is 1.85. The molecular weight excluding hydrogens is 432 g/mol. The summed E-state index contributed by atoms with van der Waals surface area (Å²) in [5.74, 6) is 1.64. The van der Waals surface area contributed by atoms with E-state index in [2.05, 4.69) is 19.2 Å². The molecule has 0 atom stereocenters. The van der Waals surface area contributed by atoms with Gasteiger partial charge in [0.25, 0.3) is 11.8 Å². The maximum atomic E-state index is 13.3. The minimum Gasteiger partial charge on any atom is -0.493 e. The summed E-state index contributed by atoms with van der Waals surface area (Å²) in [7, 11) is 0. The van der Waals surface area contributed by atoms with Crippen LogP contribution in [0.15, 0.2) is 48.2 Å². The molecule has 0 radical (unpaired) electrons. The molecule has 2 aromatic rings. The molecule has 34 heavy (non-hydrogen) atoms. The molecule has 0 aromatic heterocycles. The van der Waals surface area contributed by atoms with E-state index in [4.69, 9.17) is 14.2 Å². The van der Waals surface area contributed by atoms with Crippen molar-refractivity contribution in [3.05, 3.63) is 53.7 Å². The Kier molecular flexibility index (Phi) is 8.21. The number of ether oxygens (including phenoxy) is 3. The lowest BCUT2D eigenvalue weighted by Gasteiger charge is -2.19. The van der Waals surface area contributed by atoms with E-state index in [9.17, 15) is 9.59 Å². The van der Waals surface area contributed by atoms with Crippen LogP contribution in [0, 0.1) is 5.92 Å². The standard InChI is InChI=1S/C27H34N2O5/c1-7-32-22-14-11-20(15-23(22)33-8-2)28-25-24(26(30)29(18(5)6)27(25)31)19-9-12-21(13-10-19)34-16-17(3)4/h9-15,17-18,28H,7-8,16H2,1-6H3. The second-order valence-electron chi connectivity index (χ2n) is 8.71. The Bertz CT molecular complexity index is 1060. The number of hydrogen-bond acceptors (Lipinski definition) is 6. The van der Waals surface area contributed by atoms with Crippen molar-refractivity contribution < 1.29 is 23.8 Å². The number of rotatable bonds is 11. The summed E-state index contributed by atoms with van der Waals surface area (Å²) in [4.78, 5) is 27.8. The highest BCUT2D eigenvalue weighted by atomic mass is 16.5. The summed E-state index contributed by atoms with van der Waals surface area (Å²) in [6, 6.07) is 12.4. The quantitative estimate of drug-likeness (QED) is 0.463. The Labute approximate surface area is 201 Å². The Morgan fingerprint density at radius 3 is 2.06 bits per heavy atom. The maximum absolute atomic E-state index is 13.3. The van der Waals surface area contributed by atoms with Gasteiger partial charge >= 0.3 is 0 Å². The van der Waals surface area contributed by atoms with Crippen LogP contribution < -0.4 is 19.5 Å². The third-order valence-corrected chi connectivity index (χ3v) is 5.17. The monoisotopic (exact) mass is 466 g/mol. The van der Waals surface area contributed by atoms with E-state index < -0.39 is 0 Å². The summed E-state index contributed by atoms with van der Waals surface area (Å²) < 4.78 is 17.1. The van der Waals surface area contributed by atoms with Crippen LogP contribution in [0.25, 0.3) is 5.57 Å². The molecule has 1 aliphatic heterocycles. The SMILES string of the molecule is CCOc1ccc(NC2=C(c3ccc(OCC(C)C)cc3)C(=O)N(C(C)C)C2=O)cc1OCC. The molecule has 0 aliphatic carbocycles. The number of nitrogens with one attached hydrogen (secondary N) is 1. The molecule has 7 nitrogen and oxygen atoms in total. The maximum Gasteiger partial charge on any atom is 0.278 e. The van der Waals surface area contributed by atoms with E-state index in [0.717, 1.165) is 5.75 Å². The van der Waals surface area contributed by atoms with Crippen LogP contribution in [0.5, 0.6) is 17.2 Å². The molecular formula is C27H34N2O5. The van der Waals surface area contributed by atoms with Gasteiger partial charge in [-0.25, -0.2) is 0 Å². The summed E-state index contributed by atoms with van der Waals surface area (Å²) in [6.07, 6.45) is 0. The van der Waals surface area contributed by atoms with Gasteiger partial charge in [-0.2, -0.15) is 0 Å². The molecule has 2 aromatic carbocycles. The molecule has 1 heterocycles. The van der Waals surface area contributed by atoms with Crippen molar-refractivity contribution in [3.8, 4) is 17.2 Å². The zero-order valence-corrected chi connectivity index (χ0v) is 20.8. The average Bonchev–Trinajstić information content (AvgIpc) is 3.04. The first kappa shape index (κ1) is 25.1. The normalized spacial score (nSPS) is 13.8. The highest BCUT2D eigenvalue weighted by molar-refractivity contribution is 6.36. The number of amides is 2. The van der Waals surface area contributed by atoms with Gasteiger partial charge in [0.05, 0.1) is 25.4 Å². The lowest BCUT2D eigenvalue weighted by atomic mass is 10.0. The first-order chi connectivity index (χ1) is 16.3. The minimum atomic E-state index is -0.359. The fourth-order valence-corrected chi connectivity index (χ4v) is 3.65. The van der Waals surface area contributed by atoms with Gasteiger partial charge in [-0.1, -0.05) is 26.0 Å². The van der Waals surface area contributed by atoms with Crippen molar-refractivity contribution in [2.45, 2.75) is 47.6 Å². The lowest BCUT2D eigenvalue weighted by molar-refractivity contribution is -0.138. The van der Waals surface area contributed by atoms with Gasteiger partial charge in [0.15, 0.2) is 11.5 Å². The Morgan fingerprint density at radius 2 is 1.47 bits per heavy atom. The molecule has 0 fully saturated rings. The summed E-state index contributed by atoms with van der Waals surface area (Å²) >= 11 is 0. The van der Waals surface area contributed by atoms with Gasteiger partial charge < -0.3 is 19.5 Å². The Balaban J connectivity index is 1.99. The third kappa shape index (κ3) is 5.53. The van der Waals surface area contributed by atoms with E-state index in [1.165, 1.54) is 4.90 Å². The van der Waals surface area contributed by atoms with E-state index in [1.54, 1.807) is 18.2 Å². The first-order valence-electron chi connectivity index (χ1n) is 11.8. The number of carbonyl (C=O) groups is 2. The predicted octanol–water partition coefficient (Wildman–Crippen LogP) is 5.12. The number of nitrogens with zero attached hydrogens (tertiary/aromatic N) is 1. The van der Waals surface area contributed by atoms with Crippen LogP contribution >= 0.6 is 0 Å². The van der Waals surface area contributed by atoms with E-state index >= 15 is 0 Å². The molecule has 0 saturated heterocycles. The van der Waals surface area contributed by atoms with Crippen molar-refractivity contribution >= 4 is 23.1 Å². The fourth-order valence-electron chi connectivity index (χ4n) is 3.65. The van der Waals surface area contributed by atoms with Gasteiger partial charge in [-0.3, -0.25) is 14.5 Å². The fraction of sp³-hybridized carbons (Fsp3) is 0.407. The third-order valence-electron chi connectivity index (χ3n) is 5.17. The molecule has 7 heteroatoms. The minimum absolute atomic E-state index is 0.237. The smallest absolute Gasteiger partial charge is 0.278 e. The largest absolute Gasteiger partial charge is 0.493 e. The number of imide groups is 1. The van der Waals surface area contributed by atoms with Crippen LogP contribution in [0.1, 0.15) is 47.1 Å². The highest BCUT2D eigenvalue weighted by Gasteiger charge is 2.40. The highest BCUT2D eigenvalue weighted by Crippen LogP contribution is 2.35. The molecule has 0 bridgehead atoms. The molecule has 2 amide bonds. The molecule has 1 aliphatic rings. The summed E-state index contributed by atoms with van der Waals surface area (Å²) in [5, 5.41) is 3.18. The first-order valence-corrected chi connectivity index (χ1v) is 11.8. The van der Waals surface area contributed by atoms with E-state index in [0.29, 0.717) is 54.1 Å². The van der Waals surface area contributed by atoms with Gasteiger partial charge in [0, 0.05) is 17.8 Å². The summed E-state index contributed by atoms with van der Waals surface area (Å²) in [6.45, 7) is 13.2. The van der Waals surface area contributed by atoms with Crippen LogP contribution in [-0.2, 0) is 9.59 Å². The zero-order valence-electron chi connectivity index (χ0n) is 20.8. The molecule has 1 N–H and O–H groups in total. The van der Waals surface area contributed by atoms with Gasteiger partial charge in [-0.15, -0.1) is 0 Å². The average molecular weight is 467 g/mol. The number of carbonyl (C=O) groups excluding carboxylic acids is 2. The van der Waals surface area contributed by atoms with Crippen LogP contribution in [0.2, 0.25) is 0 Å². The van der Waals surface area contributed by atoms with Gasteiger partial charge in [0.1, 0.15) is 11.4 Å². The second-order valence-corrected chi connectivity index (χ2v) is 8.71. The van der Waals surface area contributed by atoms with Crippen molar-refractivity contribution in [1.82, 2.24) is 4.90 Å². The zero-order chi connectivity index (χ0) is 24.8. The van der Waals surface area contributed by atoms with Crippen LogP contribution in [0.3, 0.4) is 0 Å². The molecule has 0 spiro atoms. The Morgan fingerprint density at radius 1 is 0.824 bits per heavy atom. The van der Waals surface area contributed by atoms with Crippen molar-refractivity contribution in [3.63, 3.8) is 0 Å². The van der Waals surface area contributed by atoms with Gasteiger partial charge in [0.2, 0.25) is 0 Å². The lowest BCUT2D eigenvalue weighted by Crippen LogP contribution is -2.38. The van der Waals surface area contributed by atoms with Gasteiger partial charge in [-0.05, 0) is 63.4 Å². The molecule has 0 saturated carbocycles. The number of hydrogen-bond donors (Lipinski definition) is 1. The van der Waals surface area contributed by atoms with Crippen molar-refractivity contribution in [1.29, 1.82) is 0 Å². The number of benzene rings is 2. The Hall–Kier alpha value is -3.48. The predicted molar refractivity (Wildman–Crippen MR) is 133 cm³/mol. The second kappa shape index (κ2) is 11.1. The molecule has 3 rings (SSSR count). The molecule has 0 unspecified atom stereocenters. The van der Waals surface area contributed by atoms with E-state index in [1.807, 2.05) is 52.0 Å².